The van der Waals surface area contributed by atoms with Crippen LogP contribution in [0.3, 0.4) is 0 Å². The average molecular weight is 460 g/mol. The summed E-state index contributed by atoms with van der Waals surface area (Å²) >= 11 is 0. The Hall–Kier alpha value is -3.51. The third kappa shape index (κ3) is 3.09. The molecule has 7 N–H and O–H groups in total. The molecule has 1 saturated heterocycles. The first kappa shape index (κ1) is 22.7. The Morgan fingerprint density at radius 2 is 1.52 bits per heavy atom. The first-order valence-electron chi connectivity index (χ1n) is 9.86. The van der Waals surface area contributed by atoms with Crippen LogP contribution in [0.4, 0.5) is 0 Å². The van der Waals surface area contributed by atoms with E-state index in [1.165, 1.54) is 13.8 Å². The van der Waals surface area contributed by atoms with E-state index >= 15 is 0 Å². The van der Waals surface area contributed by atoms with Crippen molar-refractivity contribution in [1.82, 2.24) is 0 Å². The van der Waals surface area contributed by atoms with Gasteiger partial charge in [-0.1, -0.05) is 0 Å². The van der Waals surface area contributed by atoms with Crippen LogP contribution < -0.4 is 0 Å². The number of aliphatic hydroxyl groups excluding tert-OH is 3. The third-order valence-corrected chi connectivity index (χ3v) is 6.16. The zero-order chi connectivity index (χ0) is 24.5. The van der Waals surface area contributed by atoms with E-state index < -0.39 is 82.0 Å². The molecular weight excluding hydrogens is 440 g/mol. The predicted octanol–water partition coefficient (Wildman–Crippen LogP) is 0.128. The molecule has 2 aromatic rings. The van der Waals surface area contributed by atoms with Gasteiger partial charge in [-0.2, -0.15) is 0 Å². The van der Waals surface area contributed by atoms with Crippen LogP contribution in [-0.4, -0.2) is 77.7 Å². The number of benzene rings is 2. The van der Waals surface area contributed by atoms with E-state index in [-0.39, 0.29) is 22.3 Å². The number of fused-ring (bicyclic) bond motifs is 2. The number of carbonyl (C=O) groups excluding carboxylic acids is 2. The lowest BCUT2D eigenvalue weighted by atomic mass is 9.78. The van der Waals surface area contributed by atoms with Crippen LogP contribution in [0.2, 0.25) is 0 Å². The molecule has 5 atom stereocenters. The van der Waals surface area contributed by atoms with E-state index in [9.17, 15) is 50.1 Å². The largest absolute Gasteiger partial charge is 0.507 e. The molecule has 0 spiro atoms. The van der Waals surface area contributed by atoms with Crippen LogP contribution in [0.25, 0.3) is 0 Å². The monoisotopic (exact) mass is 460 g/mol. The Labute approximate surface area is 185 Å². The van der Waals surface area contributed by atoms with Gasteiger partial charge in [0.25, 0.3) is 0 Å². The van der Waals surface area contributed by atoms with Crippen molar-refractivity contribution < 1.29 is 54.9 Å². The van der Waals surface area contributed by atoms with Crippen LogP contribution in [0.5, 0.6) is 17.2 Å². The van der Waals surface area contributed by atoms with Gasteiger partial charge in [-0.15, -0.1) is 0 Å². The minimum atomic E-state index is -1.75. The summed E-state index contributed by atoms with van der Waals surface area (Å²) in [5.41, 5.74) is -3.08. The second kappa shape index (κ2) is 7.52. The first-order chi connectivity index (χ1) is 15.4. The molecule has 4 rings (SSSR count). The summed E-state index contributed by atoms with van der Waals surface area (Å²) in [5, 5.41) is 71.3. The highest BCUT2D eigenvalue weighted by Crippen LogP contribution is 2.46. The van der Waals surface area contributed by atoms with Gasteiger partial charge in [0.05, 0.1) is 17.2 Å². The minimum Gasteiger partial charge on any atom is -0.507 e. The van der Waals surface area contributed by atoms with E-state index in [0.717, 1.165) is 12.1 Å². The van der Waals surface area contributed by atoms with Crippen LogP contribution in [0.1, 0.15) is 66.4 Å². The molecule has 2 aliphatic rings. The Kier molecular flexibility index (Phi) is 5.17. The van der Waals surface area contributed by atoms with Crippen molar-refractivity contribution in [2.45, 2.75) is 44.4 Å². The van der Waals surface area contributed by atoms with Crippen LogP contribution >= 0.6 is 0 Å². The van der Waals surface area contributed by atoms with Gasteiger partial charge in [0.15, 0.2) is 11.6 Å². The number of aromatic carboxylic acids is 1. The van der Waals surface area contributed by atoms with Crippen LogP contribution in [0.15, 0.2) is 12.1 Å². The number of phenols is 3. The van der Waals surface area contributed by atoms with Crippen molar-refractivity contribution in [1.29, 1.82) is 0 Å². The zero-order valence-corrected chi connectivity index (χ0v) is 17.3. The molecule has 11 nitrogen and oxygen atoms in total. The van der Waals surface area contributed by atoms with Crippen LogP contribution in [0, 0.1) is 6.92 Å². The Bertz CT molecular complexity index is 1230. The Balaban J connectivity index is 1.95. The van der Waals surface area contributed by atoms with Crippen LogP contribution in [-0.2, 0) is 4.74 Å². The summed E-state index contributed by atoms with van der Waals surface area (Å²) in [6.07, 6.45) is -7.33. The lowest BCUT2D eigenvalue weighted by Crippen LogP contribution is -2.53. The van der Waals surface area contributed by atoms with E-state index in [1.807, 2.05) is 0 Å². The van der Waals surface area contributed by atoms with Crippen molar-refractivity contribution >= 4 is 17.5 Å². The standard InChI is InChI=1S/C22H20O11/c1-5-11-7(3-9(23)12(5)22(31)32)16(26)13-10(24)4-8(17(27)14(13)18(11)28)21-20(30)19(29)15(25)6(2)33-21/h3-4,6,15,19-21,23-25,27,29-30H,1-2H3,(H,31,32). The maximum atomic E-state index is 13.3. The number of rotatable bonds is 2. The number of carbonyl (C=O) groups is 3. The van der Waals surface area contributed by atoms with Gasteiger partial charge >= 0.3 is 5.97 Å². The number of hydrogen-bond acceptors (Lipinski definition) is 10. The molecule has 0 amide bonds. The summed E-state index contributed by atoms with van der Waals surface area (Å²) in [6.45, 7) is 2.61. The molecular formula is C22H20O11. The van der Waals surface area contributed by atoms with Gasteiger partial charge < -0.3 is 40.5 Å². The van der Waals surface area contributed by atoms with Gasteiger partial charge in [-0.05, 0) is 31.5 Å². The number of hydrogen-bond donors (Lipinski definition) is 7. The fourth-order valence-corrected chi connectivity index (χ4v) is 4.46. The normalized spacial score (nSPS) is 26.6. The average Bonchev–Trinajstić information content (AvgIpc) is 2.73. The minimum absolute atomic E-state index is 0.216. The van der Waals surface area contributed by atoms with Crippen molar-refractivity contribution in [2.75, 3.05) is 0 Å². The fourth-order valence-electron chi connectivity index (χ4n) is 4.46. The highest BCUT2D eigenvalue weighted by Gasteiger charge is 2.46. The Morgan fingerprint density at radius 1 is 0.879 bits per heavy atom. The summed E-state index contributed by atoms with van der Waals surface area (Å²) in [7, 11) is 0. The number of aromatic hydroxyl groups is 3. The van der Waals surface area contributed by atoms with E-state index in [2.05, 4.69) is 0 Å². The number of ketones is 2. The number of carboxylic acid groups (broad SMARTS) is 1. The van der Waals surface area contributed by atoms with E-state index in [0.29, 0.717) is 0 Å². The van der Waals surface area contributed by atoms with Crippen molar-refractivity contribution in [3.63, 3.8) is 0 Å². The van der Waals surface area contributed by atoms with E-state index in [4.69, 9.17) is 4.74 Å². The van der Waals surface area contributed by atoms with Gasteiger partial charge in [-0.25, -0.2) is 4.79 Å². The van der Waals surface area contributed by atoms with Gasteiger partial charge in [0.2, 0.25) is 0 Å². The molecule has 1 aliphatic carbocycles. The summed E-state index contributed by atoms with van der Waals surface area (Å²) in [4.78, 5) is 37.9. The van der Waals surface area contributed by atoms with Crippen molar-refractivity contribution in [3.05, 3.63) is 51.1 Å². The molecule has 0 aromatic heterocycles. The Morgan fingerprint density at radius 3 is 2.12 bits per heavy atom. The van der Waals surface area contributed by atoms with Crippen molar-refractivity contribution in [3.8, 4) is 17.2 Å². The van der Waals surface area contributed by atoms with Gasteiger partial charge in [-0.3, -0.25) is 9.59 Å². The second-order valence-electron chi connectivity index (χ2n) is 8.10. The summed E-state index contributed by atoms with van der Waals surface area (Å²) in [5.74, 6) is -5.79. The lowest BCUT2D eigenvalue weighted by molar-refractivity contribution is -0.219. The molecule has 11 heteroatoms. The number of ether oxygens (including phenoxy) is 1. The van der Waals surface area contributed by atoms with E-state index in [1.54, 1.807) is 0 Å². The number of phenolic OH excluding ortho intramolecular Hbond substituents is 2. The molecule has 0 bridgehead atoms. The quantitative estimate of drug-likeness (QED) is 0.256. The van der Waals surface area contributed by atoms with Gasteiger partial charge in [0.1, 0.15) is 47.2 Å². The number of carboxylic acids is 1. The maximum absolute atomic E-state index is 13.3. The lowest BCUT2D eigenvalue weighted by Gasteiger charge is -2.40. The second-order valence-corrected chi connectivity index (χ2v) is 8.10. The summed E-state index contributed by atoms with van der Waals surface area (Å²) in [6, 6.07) is 1.71. The van der Waals surface area contributed by atoms with Crippen molar-refractivity contribution in [2.24, 2.45) is 0 Å². The molecule has 33 heavy (non-hydrogen) atoms. The smallest absolute Gasteiger partial charge is 0.339 e. The maximum Gasteiger partial charge on any atom is 0.339 e. The molecule has 1 aliphatic heterocycles. The third-order valence-electron chi connectivity index (χ3n) is 6.16. The molecule has 1 heterocycles. The number of aliphatic hydroxyl groups is 3. The fraction of sp³-hybridized carbons (Fsp3) is 0.318. The van der Waals surface area contributed by atoms with Gasteiger partial charge in [0, 0.05) is 16.7 Å². The summed E-state index contributed by atoms with van der Waals surface area (Å²) < 4.78 is 5.48. The zero-order valence-electron chi connectivity index (χ0n) is 17.3. The predicted molar refractivity (Wildman–Crippen MR) is 108 cm³/mol. The highest BCUT2D eigenvalue weighted by molar-refractivity contribution is 6.31. The SMILES string of the molecule is Cc1c(C(=O)O)c(O)cc2c1C(=O)c1c(O)c(C3OC(C)C(O)C(O)C3O)cc(O)c1C2=O. The highest BCUT2D eigenvalue weighted by atomic mass is 16.5. The topological polar surface area (TPSA) is 202 Å². The first-order valence-corrected chi connectivity index (χ1v) is 9.86. The molecule has 2 aromatic carbocycles. The molecule has 174 valence electrons. The molecule has 1 fully saturated rings. The molecule has 0 radical (unpaired) electrons. The molecule has 0 saturated carbocycles. The molecule has 5 unspecified atom stereocenters.